The predicted octanol–water partition coefficient (Wildman–Crippen LogP) is 2.78. The molecule has 7 nitrogen and oxygen atoms in total. The highest BCUT2D eigenvalue weighted by Gasteiger charge is 2.20. The van der Waals surface area contributed by atoms with Crippen molar-refractivity contribution in [2.75, 3.05) is 17.2 Å². The Morgan fingerprint density at radius 3 is 3.17 bits per heavy atom. The summed E-state index contributed by atoms with van der Waals surface area (Å²) in [5, 5.41) is 12.3. The number of hydrogen-bond donors (Lipinski definition) is 2. The first-order chi connectivity index (χ1) is 11.7. The molecule has 2 N–H and O–H groups in total. The average molecular weight is 340 g/mol. The highest BCUT2D eigenvalue weighted by molar-refractivity contribution is 7.10. The number of thiophene rings is 1. The number of amides is 1. The summed E-state index contributed by atoms with van der Waals surface area (Å²) in [5.74, 6) is 0.474. The second-order valence-corrected chi connectivity index (χ2v) is 6.68. The normalized spacial score (nSPS) is 13.2. The molecule has 4 heterocycles. The van der Waals surface area contributed by atoms with Crippen LogP contribution in [-0.4, -0.2) is 32.2 Å². The molecule has 0 spiro atoms. The van der Waals surface area contributed by atoms with Gasteiger partial charge in [0.1, 0.15) is 0 Å². The van der Waals surface area contributed by atoms with Crippen LogP contribution in [0.3, 0.4) is 0 Å². The van der Waals surface area contributed by atoms with Crippen molar-refractivity contribution in [2.45, 2.75) is 19.9 Å². The topological polar surface area (TPSA) is 84.7 Å². The predicted molar refractivity (Wildman–Crippen MR) is 93.4 cm³/mol. The van der Waals surface area contributed by atoms with E-state index in [-0.39, 0.29) is 11.7 Å². The van der Waals surface area contributed by atoms with Crippen LogP contribution in [0, 0.1) is 6.92 Å². The Kier molecular flexibility index (Phi) is 3.73. The Balaban J connectivity index is 1.61. The number of aryl methyl sites for hydroxylation is 2. The standard InChI is InChI=1S/C16H16N6OS/c1-10-8-11(9-24-10)13-12(4-2-5-17-13)19-15(23)14-20-16-18-6-3-7-22(16)21-14/h2,4-5,8-9H,3,6-7H2,1H3,(H,19,23)(H,18,20,21). The van der Waals surface area contributed by atoms with E-state index in [0.29, 0.717) is 11.6 Å². The molecule has 3 aromatic rings. The highest BCUT2D eigenvalue weighted by Crippen LogP contribution is 2.29. The van der Waals surface area contributed by atoms with E-state index < -0.39 is 0 Å². The van der Waals surface area contributed by atoms with Gasteiger partial charge in [-0.2, -0.15) is 4.98 Å². The van der Waals surface area contributed by atoms with E-state index in [2.05, 4.69) is 31.8 Å². The van der Waals surface area contributed by atoms with Crippen molar-refractivity contribution in [3.05, 3.63) is 40.5 Å². The fourth-order valence-electron chi connectivity index (χ4n) is 2.64. The first-order valence-corrected chi connectivity index (χ1v) is 8.59. The highest BCUT2D eigenvalue weighted by atomic mass is 32.1. The first kappa shape index (κ1) is 14.8. The summed E-state index contributed by atoms with van der Waals surface area (Å²) in [4.78, 5) is 22.4. The van der Waals surface area contributed by atoms with E-state index in [4.69, 9.17) is 0 Å². The molecule has 0 atom stereocenters. The lowest BCUT2D eigenvalue weighted by Gasteiger charge is -2.12. The molecule has 1 aliphatic rings. The van der Waals surface area contributed by atoms with Gasteiger partial charge in [0.25, 0.3) is 5.91 Å². The molecular weight excluding hydrogens is 324 g/mol. The van der Waals surface area contributed by atoms with Crippen LogP contribution in [0.4, 0.5) is 11.6 Å². The van der Waals surface area contributed by atoms with Crippen molar-refractivity contribution in [3.63, 3.8) is 0 Å². The zero-order chi connectivity index (χ0) is 16.5. The van der Waals surface area contributed by atoms with Gasteiger partial charge in [0.05, 0.1) is 11.4 Å². The number of carbonyl (C=O) groups is 1. The Morgan fingerprint density at radius 1 is 1.46 bits per heavy atom. The second kappa shape index (κ2) is 6.04. The van der Waals surface area contributed by atoms with Gasteiger partial charge >= 0.3 is 0 Å². The molecule has 1 amide bonds. The lowest BCUT2D eigenvalue weighted by molar-refractivity contribution is 0.101. The van der Waals surface area contributed by atoms with Crippen molar-refractivity contribution in [2.24, 2.45) is 0 Å². The summed E-state index contributed by atoms with van der Waals surface area (Å²) in [6.07, 6.45) is 2.69. The van der Waals surface area contributed by atoms with Gasteiger partial charge in [-0.05, 0) is 31.5 Å². The molecule has 0 saturated heterocycles. The van der Waals surface area contributed by atoms with Crippen LogP contribution in [0.25, 0.3) is 11.3 Å². The van der Waals surface area contributed by atoms with Gasteiger partial charge in [-0.1, -0.05) is 0 Å². The van der Waals surface area contributed by atoms with Gasteiger partial charge < -0.3 is 10.6 Å². The average Bonchev–Trinajstić information content (AvgIpc) is 3.21. The molecule has 4 rings (SSSR count). The number of nitrogens with one attached hydrogen (secondary N) is 2. The van der Waals surface area contributed by atoms with Crippen molar-refractivity contribution in [3.8, 4) is 11.3 Å². The number of fused-ring (bicyclic) bond motifs is 1. The largest absolute Gasteiger partial charge is 0.354 e. The Morgan fingerprint density at radius 2 is 2.38 bits per heavy atom. The van der Waals surface area contributed by atoms with Gasteiger partial charge in [0, 0.05) is 35.1 Å². The van der Waals surface area contributed by atoms with E-state index in [9.17, 15) is 4.79 Å². The van der Waals surface area contributed by atoms with Crippen molar-refractivity contribution in [1.82, 2.24) is 19.7 Å². The molecule has 0 saturated carbocycles. The Bertz CT molecular complexity index is 876. The molecule has 0 unspecified atom stereocenters. The molecule has 0 radical (unpaired) electrons. The van der Waals surface area contributed by atoms with Gasteiger partial charge in [-0.25, -0.2) is 4.68 Å². The maximum absolute atomic E-state index is 12.5. The zero-order valence-corrected chi connectivity index (χ0v) is 13.9. The van der Waals surface area contributed by atoms with E-state index in [1.807, 2.05) is 18.4 Å². The number of hydrogen-bond acceptors (Lipinski definition) is 6. The third-order valence-electron chi connectivity index (χ3n) is 3.76. The van der Waals surface area contributed by atoms with E-state index in [1.165, 1.54) is 4.88 Å². The zero-order valence-electron chi connectivity index (χ0n) is 13.1. The Hall–Kier alpha value is -2.74. The van der Waals surface area contributed by atoms with Crippen LogP contribution in [-0.2, 0) is 6.54 Å². The molecule has 24 heavy (non-hydrogen) atoms. The van der Waals surface area contributed by atoms with Crippen molar-refractivity contribution < 1.29 is 4.79 Å². The smallest absolute Gasteiger partial charge is 0.295 e. The first-order valence-electron chi connectivity index (χ1n) is 7.71. The van der Waals surface area contributed by atoms with Crippen LogP contribution in [0.15, 0.2) is 29.8 Å². The van der Waals surface area contributed by atoms with Crippen LogP contribution >= 0.6 is 11.3 Å². The lowest BCUT2D eigenvalue weighted by atomic mass is 10.2. The van der Waals surface area contributed by atoms with E-state index >= 15 is 0 Å². The second-order valence-electron chi connectivity index (χ2n) is 5.56. The summed E-state index contributed by atoms with van der Waals surface area (Å²) in [5.41, 5.74) is 2.39. The third kappa shape index (κ3) is 2.76. The number of aromatic nitrogens is 4. The molecule has 1 aliphatic heterocycles. The summed E-state index contributed by atoms with van der Waals surface area (Å²) < 4.78 is 1.73. The minimum Gasteiger partial charge on any atom is -0.354 e. The summed E-state index contributed by atoms with van der Waals surface area (Å²) in [6.45, 7) is 3.67. The molecule has 0 aliphatic carbocycles. The monoisotopic (exact) mass is 340 g/mol. The van der Waals surface area contributed by atoms with Gasteiger partial charge in [-0.15, -0.1) is 16.4 Å². The minimum absolute atomic E-state index is 0.163. The number of anilines is 2. The van der Waals surface area contributed by atoms with Gasteiger partial charge in [0.2, 0.25) is 11.8 Å². The van der Waals surface area contributed by atoms with Crippen LogP contribution in [0.5, 0.6) is 0 Å². The maximum atomic E-state index is 12.5. The minimum atomic E-state index is -0.333. The molecule has 0 bridgehead atoms. The van der Waals surface area contributed by atoms with Crippen molar-refractivity contribution >= 4 is 28.9 Å². The molecular formula is C16H16N6OS. The summed E-state index contributed by atoms with van der Waals surface area (Å²) in [7, 11) is 0. The molecule has 3 aromatic heterocycles. The SMILES string of the molecule is Cc1cc(-c2ncccc2NC(=O)c2nc3n(n2)CCCN3)cs1. The third-order valence-corrected chi connectivity index (χ3v) is 4.63. The number of nitrogens with zero attached hydrogens (tertiary/aromatic N) is 4. The lowest BCUT2D eigenvalue weighted by Crippen LogP contribution is -2.18. The molecule has 0 aromatic carbocycles. The van der Waals surface area contributed by atoms with Gasteiger partial charge in [-0.3, -0.25) is 9.78 Å². The summed E-state index contributed by atoms with van der Waals surface area (Å²) in [6, 6.07) is 5.69. The Labute approximate surface area is 142 Å². The fraction of sp³-hybridized carbons (Fsp3) is 0.250. The number of carbonyl (C=O) groups excluding carboxylic acids is 1. The van der Waals surface area contributed by atoms with Crippen LogP contribution in [0.1, 0.15) is 21.9 Å². The maximum Gasteiger partial charge on any atom is 0.295 e. The van der Waals surface area contributed by atoms with Gasteiger partial charge in [0.15, 0.2) is 0 Å². The van der Waals surface area contributed by atoms with E-state index in [1.54, 1.807) is 28.3 Å². The van der Waals surface area contributed by atoms with E-state index in [0.717, 1.165) is 30.8 Å². The molecule has 0 fully saturated rings. The molecule has 122 valence electrons. The van der Waals surface area contributed by atoms with Crippen molar-refractivity contribution in [1.29, 1.82) is 0 Å². The molecule has 8 heteroatoms. The quantitative estimate of drug-likeness (QED) is 0.766. The number of pyridine rings is 1. The van der Waals surface area contributed by atoms with Crippen LogP contribution < -0.4 is 10.6 Å². The fourth-order valence-corrected chi connectivity index (χ4v) is 3.32. The summed E-state index contributed by atoms with van der Waals surface area (Å²) >= 11 is 1.65. The number of rotatable bonds is 3. The van der Waals surface area contributed by atoms with Crippen LogP contribution in [0.2, 0.25) is 0 Å².